The van der Waals surface area contributed by atoms with E-state index in [1.165, 1.54) is 0 Å². The van der Waals surface area contributed by atoms with Crippen LogP contribution in [0.2, 0.25) is 0 Å². The van der Waals surface area contributed by atoms with Crippen molar-refractivity contribution >= 4 is 5.97 Å². The summed E-state index contributed by atoms with van der Waals surface area (Å²) >= 11 is 0. The van der Waals surface area contributed by atoms with E-state index in [-0.39, 0.29) is 6.42 Å². The number of rotatable bonds is 8. The second-order valence-electron chi connectivity index (χ2n) is 2.43. The maximum absolute atomic E-state index is 10.1. The molecule has 0 fully saturated rings. The average molecular weight is 175 g/mol. The summed E-state index contributed by atoms with van der Waals surface area (Å²) in [5.74, 6) is -0.766. The van der Waals surface area contributed by atoms with E-state index in [1.807, 2.05) is 0 Å². The zero-order valence-electron chi connectivity index (χ0n) is 7.18. The number of carboxylic acids is 1. The predicted octanol–water partition coefficient (Wildman–Crippen LogP) is -1.40. The second kappa shape index (κ2) is 8.45. The molecule has 0 aromatic carbocycles. The van der Waals surface area contributed by atoms with Crippen LogP contribution in [0, 0.1) is 0 Å². The quantitative estimate of drug-likeness (QED) is 0.341. The molecule has 0 amide bonds. The lowest BCUT2D eigenvalue weighted by molar-refractivity contribution is -0.136. The first-order valence-electron chi connectivity index (χ1n) is 4.10. The fourth-order valence-corrected chi connectivity index (χ4v) is 0.724. The smallest absolute Gasteiger partial charge is 0.304 e. The van der Waals surface area contributed by atoms with Crippen molar-refractivity contribution < 1.29 is 9.90 Å². The van der Waals surface area contributed by atoms with Crippen LogP contribution in [0.15, 0.2) is 0 Å². The highest BCUT2D eigenvalue weighted by molar-refractivity contribution is 5.66. The number of nitrogens with one attached hydrogen (secondary N) is 2. The average Bonchev–Trinajstić information content (AvgIpc) is 2.02. The first kappa shape index (κ1) is 11.4. The third-order valence-electron chi connectivity index (χ3n) is 1.32. The van der Waals surface area contributed by atoms with Gasteiger partial charge in [-0.3, -0.25) is 4.79 Å². The van der Waals surface area contributed by atoms with Gasteiger partial charge in [-0.1, -0.05) is 0 Å². The molecule has 0 heterocycles. The van der Waals surface area contributed by atoms with Gasteiger partial charge in [0.15, 0.2) is 0 Å². The second-order valence-corrected chi connectivity index (χ2v) is 2.43. The molecule has 0 aromatic rings. The Bertz CT molecular complexity index is 119. The van der Waals surface area contributed by atoms with Gasteiger partial charge in [-0.25, -0.2) is 0 Å². The Balaban J connectivity index is 2.86. The van der Waals surface area contributed by atoms with Crippen LogP contribution >= 0.6 is 0 Å². The molecule has 0 radical (unpaired) electrons. The van der Waals surface area contributed by atoms with Crippen LogP contribution in [0.1, 0.15) is 6.42 Å². The Morgan fingerprint density at radius 1 is 1.17 bits per heavy atom. The number of carbonyl (C=O) groups is 1. The van der Waals surface area contributed by atoms with Crippen molar-refractivity contribution in [3.8, 4) is 0 Å². The van der Waals surface area contributed by atoms with E-state index in [9.17, 15) is 4.79 Å². The molecule has 0 aromatic heterocycles. The van der Waals surface area contributed by atoms with Crippen molar-refractivity contribution in [2.45, 2.75) is 6.42 Å². The van der Waals surface area contributed by atoms with Crippen molar-refractivity contribution in [3.05, 3.63) is 0 Å². The number of aliphatic carboxylic acids is 1. The van der Waals surface area contributed by atoms with Crippen molar-refractivity contribution in [2.24, 2.45) is 5.73 Å². The third-order valence-corrected chi connectivity index (χ3v) is 1.32. The molecule has 12 heavy (non-hydrogen) atoms. The molecular weight excluding hydrogens is 158 g/mol. The van der Waals surface area contributed by atoms with E-state index in [0.29, 0.717) is 13.1 Å². The molecule has 0 bridgehead atoms. The summed E-state index contributed by atoms with van der Waals surface area (Å²) in [5, 5.41) is 14.4. The van der Waals surface area contributed by atoms with Crippen LogP contribution in [0.25, 0.3) is 0 Å². The van der Waals surface area contributed by atoms with Crippen LogP contribution in [-0.4, -0.2) is 43.8 Å². The van der Waals surface area contributed by atoms with Gasteiger partial charge in [0, 0.05) is 32.7 Å². The fraction of sp³-hybridized carbons (Fsp3) is 0.857. The highest BCUT2D eigenvalue weighted by atomic mass is 16.4. The van der Waals surface area contributed by atoms with Crippen LogP contribution in [0.4, 0.5) is 0 Å². The normalized spacial score (nSPS) is 10.1. The minimum atomic E-state index is -0.766. The minimum Gasteiger partial charge on any atom is -0.481 e. The van der Waals surface area contributed by atoms with Crippen LogP contribution in [0.5, 0.6) is 0 Å². The van der Waals surface area contributed by atoms with Gasteiger partial charge in [0.2, 0.25) is 0 Å². The topological polar surface area (TPSA) is 87.4 Å². The molecule has 5 N–H and O–H groups in total. The van der Waals surface area contributed by atoms with Crippen LogP contribution in [-0.2, 0) is 4.79 Å². The summed E-state index contributed by atoms with van der Waals surface area (Å²) in [5.41, 5.74) is 5.25. The van der Waals surface area contributed by atoms with Crippen molar-refractivity contribution in [1.82, 2.24) is 10.6 Å². The number of carboxylic acid groups (broad SMARTS) is 1. The van der Waals surface area contributed by atoms with E-state index in [4.69, 9.17) is 10.8 Å². The number of nitrogens with two attached hydrogens (primary N) is 1. The Kier molecular flexibility index (Phi) is 7.99. The molecule has 0 atom stereocenters. The predicted molar refractivity (Wildman–Crippen MR) is 47.0 cm³/mol. The third kappa shape index (κ3) is 9.35. The molecule has 0 aliphatic heterocycles. The summed E-state index contributed by atoms with van der Waals surface area (Å²) in [7, 11) is 0. The minimum absolute atomic E-state index is 0.177. The van der Waals surface area contributed by atoms with Crippen LogP contribution < -0.4 is 16.4 Å². The van der Waals surface area contributed by atoms with Crippen LogP contribution in [0.3, 0.4) is 0 Å². The summed E-state index contributed by atoms with van der Waals surface area (Å²) in [4.78, 5) is 10.1. The highest BCUT2D eigenvalue weighted by Gasteiger charge is 1.93. The van der Waals surface area contributed by atoms with Gasteiger partial charge in [0.25, 0.3) is 0 Å². The highest BCUT2D eigenvalue weighted by Crippen LogP contribution is 1.73. The van der Waals surface area contributed by atoms with Gasteiger partial charge in [0.1, 0.15) is 0 Å². The SMILES string of the molecule is NCCNCCNCCC(=O)O. The first-order valence-corrected chi connectivity index (χ1v) is 4.10. The number of hydrogen-bond donors (Lipinski definition) is 4. The van der Waals surface area contributed by atoms with E-state index in [1.54, 1.807) is 0 Å². The van der Waals surface area contributed by atoms with E-state index in [0.717, 1.165) is 19.6 Å². The Morgan fingerprint density at radius 3 is 2.25 bits per heavy atom. The Hall–Kier alpha value is -0.650. The van der Waals surface area contributed by atoms with Gasteiger partial charge in [-0.15, -0.1) is 0 Å². The lowest BCUT2D eigenvalue weighted by Gasteiger charge is -2.03. The number of hydrogen-bond acceptors (Lipinski definition) is 4. The van der Waals surface area contributed by atoms with E-state index in [2.05, 4.69) is 10.6 Å². The lowest BCUT2D eigenvalue weighted by Crippen LogP contribution is -2.31. The van der Waals surface area contributed by atoms with Gasteiger partial charge in [-0.05, 0) is 0 Å². The molecule has 0 unspecified atom stereocenters. The molecule has 0 saturated heterocycles. The molecule has 5 nitrogen and oxygen atoms in total. The van der Waals surface area contributed by atoms with E-state index >= 15 is 0 Å². The zero-order chi connectivity index (χ0) is 9.23. The fourth-order valence-electron chi connectivity index (χ4n) is 0.724. The monoisotopic (exact) mass is 175 g/mol. The van der Waals surface area contributed by atoms with Crippen molar-refractivity contribution in [2.75, 3.05) is 32.7 Å². The molecule has 5 heteroatoms. The molecule has 0 spiro atoms. The molecule has 0 aliphatic carbocycles. The molecule has 0 aliphatic rings. The molecule has 72 valence electrons. The van der Waals surface area contributed by atoms with Gasteiger partial charge >= 0.3 is 5.97 Å². The summed E-state index contributed by atoms with van der Waals surface area (Å²) in [6.07, 6.45) is 0.177. The standard InChI is InChI=1S/C7H17N3O2/c8-2-4-10-6-5-9-3-1-7(11)12/h9-10H,1-6,8H2,(H,11,12). The van der Waals surface area contributed by atoms with Gasteiger partial charge in [-0.2, -0.15) is 0 Å². The van der Waals surface area contributed by atoms with E-state index < -0.39 is 5.97 Å². The lowest BCUT2D eigenvalue weighted by atomic mass is 10.4. The first-order chi connectivity index (χ1) is 5.77. The van der Waals surface area contributed by atoms with Crippen molar-refractivity contribution in [1.29, 1.82) is 0 Å². The zero-order valence-corrected chi connectivity index (χ0v) is 7.18. The maximum atomic E-state index is 10.1. The molecular formula is C7H17N3O2. The maximum Gasteiger partial charge on any atom is 0.304 e. The van der Waals surface area contributed by atoms with Gasteiger partial charge in [0.05, 0.1) is 6.42 Å². The summed E-state index contributed by atoms with van der Waals surface area (Å²) in [6.45, 7) is 3.58. The molecule has 0 rings (SSSR count). The Labute approximate surface area is 72.3 Å². The summed E-state index contributed by atoms with van der Waals surface area (Å²) in [6, 6.07) is 0. The molecule has 0 saturated carbocycles. The largest absolute Gasteiger partial charge is 0.481 e. The Morgan fingerprint density at radius 2 is 1.75 bits per heavy atom. The van der Waals surface area contributed by atoms with Crippen molar-refractivity contribution in [3.63, 3.8) is 0 Å². The van der Waals surface area contributed by atoms with Gasteiger partial charge < -0.3 is 21.5 Å². The summed E-state index contributed by atoms with van der Waals surface area (Å²) < 4.78 is 0.